The van der Waals surface area contributed by atoms with Gasteiger partial charge in [0.15, 0.2) is 0 Å². The Morgan fingerprint density at radius 1 is 1.05 bits per heavy atom. The highest BCUT2D eigenvalue weighted by molar-refractivity contribution is 5.72. The molecule has 1 aromatic carbocycles. The summed E-state index contributed by atoms with van der Waals surface area (Å²) in [5.74, 6) is 1.04. The number of unbranched alkanes of at least 4 members (excludes halogenated alkanes) is 4. The Kier molecular flexibility index (Phi) is 7.24. The summed E-state index contributed by atoms with van der Waals surface area (Å²) in [6.07, 6.45) is 6.28. The third-order valence-electron chi connectivity index (χ3n) is 3.26. The van der Waals surface area contributed by atoms with Crippen molar-refractivity contribution < 1.29 is 9.53 Å². The molecule has 106 valence electrons. The van der Waals surface area contributed by atoms with Gasteiger partial charge in [-0.3, -0.25) is 4.79 Å². The van der Waals surface area contributed by atoms with E-state index in [2.05, 4.69) is 20.8 Å². The lowest BCUT2D eigenvalue weighted by Gasteiger charge is -2.07. The van der Waals surface area contributed by atoms with Crippen LogP contribution in [0.3, 0.4) is 0 Å². The van der Waals surface area contributed by atoms with Gasteiger partial charge in [0.2, 0.25) is 0 Å². The van der Waals surface area contributed by atoms with Crippen molar-refractivity contribution in [3.8, 4) is 5.75 Å². The van der Waals surface area contributed by atoms with E-state index in [0.29, 0.717) is 18.1 Å². The van der Waals surface area contributed by atoms with E-state index in [-0.39, 0.29) is 5.97 Å². The normalized spacial score (nSPS) is 10.7. The maximum atomic E-state index is 11.6. The van der Waals surface area contributed by atoms with Crippen molar-refractivity contribution in [3.63, 3.8) is 0 Å². The van der Waals surface area contributed by atoms with Gasteiger partial charge in [-0.25, -0.2) is 0 Å². The molecule has 0 aliphatic heterocycles. The van der Waals surface area contributed by atoms with Crippen molar-refractivity contribution in [2.45, 2.75) is 65.2 Å². The van der Waals surface area contributed by atoms with Gasteiger partial charge in [0, 0.05) is 6.42 Å². The smallest absolute Gasteiger partial charge is 0.311 e. The van der Waals surface area contributed by atoms with Gasteiger partial charge in [-0.1, -0.05) is 58.6 Å². The van der Waals surface area contributed by atoms with E-state index in [1.54, 1.807) is 0 Å². The SMILES string of the molecule is CCCCCCCC(=O)Oc1ccc(C(C)C)cc1. The summed E-state index contributed by atoms with van der Waals surface area (Å²) in [6.45, 7) is 6.49. The van der Waals surface area contributed by atoms with Crippen LogP contribution in [0.15, 0.2) is 24.3 Å². The predicted molar refractivity (Wildman–Crippen MR) is 79.5 cm³/mol. The van der Waals surface area contributed by atoms with Gasteiger partial charge >= 0.3 is 5.97 Å². The van der Waals surface area contributed by atoms with Crippen molar-refractivity contribution in [2.24, 2.45) is 0 Å². The molecule has 0 fully saturated rings. The van der Waals surface area contributed by atoms with Gasteiger partial charge in [0.25, 0.3) is 0 Å². The van der Waals surface area contributed by atoms with Crippen molar-refractivity contribution in [1.82, 2.24) is 0 Å². The second-order valence-corrected chi connectivity index (χ2v) is 5.36. The molecular formula is C17H26O2. The second-order valence-electron chi connectivity index (χ2n) is 5.36. The highest BCUT2D eigenvalue weighted by Gasteiger charge is 2.05. The molecule has 0 heterocycles. The summed E-state index contributed by atoms with van der Waals surface area (Å²) < 4.78 is 5.32. The molecule has 0 atom stereocenters. The van der Waals surface area contributed by atoms with Gasteiger partial charge < -0.3 is 4.74 Å². The van der Waals surface area contributed by atoms with E-state index >= 15 is 0 Å². The Morgan fingerprint density at radius 3 is 2.26 bits per heavy atom. The summed E-state index contributed by atoms with van der Waals surface area (Å²) in [4.78, 5) is 11.6. The average molecular weight is 262 g/mol. The molecule has 1 rings (SSSR count). The highest BCUT2D eigenvalue weighted by Crippen LogP contribution is 2.19. The molecule has 0 spiro atoms. The van der Waals surface area contributed by atoms with Gasteiger partial charge in [0.1, 0.15) is 5.75 Å². The standard InChI is InChI=1S/C17H26O2/c1-4-5-6-7-8-9-17(18)19-16-12-10-15(11-13-16)14(2)3/h10-14H,4-9H2,1-3H3. The Hall–Kier alpha value is -1.31. The third kappa shape index (κ3) is 6.42. The summed E-state index contributed by atoms with van der Waals surface area (Å²) in [5.41, 5.74) is 1.26. The minimum atomic E-state index is -0.117. The van der Waals surface area contributed by atoms with E-state index < -0.39 is 0 Å². The van der Waals surface area contributed by atoms with Crippen LogP contribution >= 0.6 is 0 Å². The Labute approximate surface area is 117 Å². The first kappa shape index (κ1) is 15.7. The molecule has 2 heteroatoms. The first-order chi connectivity index (χ1) is 9.13. The fraction of sp³-hybridized carbons (Fsp3) is 0.588. The molecule has 0 aliphatic carbocycles. The molecule has 0 bridgehead atoms. The van der Waals surface area contributed by atoms with Crippen LogP contribution in [0, 0.1) is 0 Å². The zero-order chi connectivity index (χ0) is 14.1. The molecule has 0 saturated heterocycles. The van der Waals surface area contributed by atoms with E-state index in [4.69, 9.17) is 4.74 Å². The van der Waals surface area contributed by atoms with Crippen LogP contribution in [-0.2, 0) is 4.79 Å². The average Bonchev–Trinajstić information content (AvgIpc) is 2.39. The minimum Gasteiger partial charge on any atom is -0.427 e. The van der Waals surface area contributed by atoms with Gasteiger partial charge in [-0.05, 0) is 30.0 Å². The van der Waals surface area contributed by atoms with E-state index in [1.807, 2.05) is 24.3 Å². The van der Waals surface area contributed by atoms with Crippen LogP contribution < -0.4 is 4.74 Å². The van der Waals surface area contributed by atoms with Crippen molar-refractivity contribution in [2.75, 3.05) is 0 Å². The molecule has 0 aromatic heterocycles. The molecule has 2 nitrogen and oxygen atoms in total. The van der Waals surface area contributed by atoms with Gasteiger partial charge in [-0.15, -0.1) is 0 Å². The van der Waals surface area contributed by atoms with Crippen LogP contribution in [0.25, 0.3) is 0 Å². The molecule has 19 heavy (non-hydrogen) atoms. The lowest BCUT2D eigenvalue weighted by Crippen LogP contribution is -2.07. The molecule has 0 N–H and O–H groups in total. The molecular weight excluding hydrogens is 236 g/mol. The van der Waals surface area contributed by atoms with Gasteiger partial charge in [-0.2, -0.15) is 0 Å². The summed E-state index contributed by atoms with van der Waals surface area (Å²) in [5, 5.41) is 0. The van der Waals surface area contributed by atoms with Crippen LogP contribution in [0.1, 0.15) is 70.8 Å². The van der Waals surface area contributed by atoms with Crippen LogP contribution in [-0.4, -0.2) is 5.97 Å². The third-order valence-corrected chi connectivity index (χ3v) is 3.26. The summed E-state index contributed by atoms with van der Waals surface area (Å²) in [7, 11) is 0. The fourth-order valence-corrected chi connectivity index (χ4v) is 1.98. The van der Waals surface area contributed by atoms with Crippen LogP contribution in [0.4, 0.5) is 0 Å². The molecule has 0 radical (unpaired) electrons. The number of rotatable bonds is 8. The second kappa shape index (κ2) is 8.73. The van der Waals surface area contributed by atoms with E-state index in [9.17, 15) is 4.79 Å². The van der Waals surface area contributed by atoms with Crippen LogP contribution in [0.5, 0.6) is 5.75 Å². The zero-order valence-corrected chi connectivity index (χ0v) is 12.4. The summed E-state index contributed by atoms with van der Waals surface area (Å²) in [6, 6.07) is 7.80. The molecule has 0 saturated carbocycles. The quantitative estimate of drug-likeness (QED) is 0.371. The Morgan fingerprint density at radius 2 is 1.68 bits per heavy atom. The lowest BCUT2D eigenvalue weighted by molar-refractivity contribution is -0.134. The van der Waals surface area contributed by atoms with Crippen molar-refractivity contribution >= 4 is 5.97 Å². The highest BCUT2D eigenvalue weighted by atomic mass is 16.5. The number of benzene rings is 1. The number of hydrogen-bond donors (Lipinski definition) is 0. The van der Waals surface area contributed by atoms with E-state index in [1.165, 1.54) is 24.8 Å². The zero-order valence-electron chi connectivity index (χ0n) is 12.4. The first-order valence-corrected chi connectivity index (χ1v) is 7.44. The van der Waals surface area contributed by atoms with Crippen molar-refractivity contribution in [1.29, 1.82) is 0 Å². The van der Waals surface area contributed by atoms with Crippen molar-refractivity contribution in [3.05, 3.63) is 29.8 Å². The summed E-state index contributed by atoms with van der Waals surface area (Å²) >= 11 is 0. The first-order valence-electron chi connectivity index (χ1n) is 7.44. The number of esters is 1. The minimum absolute atomic E-state index is 0.117. The maximum absolute atomic E-state index is 11.6. The monoisotopic (exact) mass is 262 g/mol. The maximum Gasteiger partial charge on any atom is 0.311 e. The predicted octanol–water partition coefficient (Wildman–Crippen LogP) is 5.08. The molecule has 0 unspecified atom stereocenters. The molecule has 0 amide bonds. The fourth-order valence-electron chi connectivity index (χ4n) is 1.98. The van der Waals surface area contributed by atoms with Crippen LogP contribution in [0.2, 0.25) is 0 Å². The largest absolute Gasteiger partial charge is 0.427 e. The number of carbonyl (C=O) groups excluding carboxylic acids is 1. The molecule has 1 aromatic rings. The Balaban J connectivity index is 2.28. The lowest BCUT2D eigenvalue weighted by atomic mass is 10.0. The Bertz CT molecular complexity index is 365. The number of ether oxygens (including phenoxy) is 1. The van der Waals surface area contributed by atoms with Gasteiger partial charge in [0.05, 0.1) is 0 Å². The number of hydrogen-bond acceptors (Lipinski definition) is 2. The van der Waals surface area contributed by atoms with E-state index in [0.717, 1.165) is 12.8 Å². The molecule has 0 aliphatic rings. The number of carbonyl (C=O) groups is 1. The topological polar surface area (TPSA) is 26.3 Å².